The molecule has 0 saturated heterocycles. The monoisotopic (exact) mass is 394 g/mol. The van der Waals surface area contributed by atoms with Crippen molar-refractivity contribution in [2.75, 3.05) is 20.8 Å². The van der Waals surface area contributed by atoms with Gasteiger partial charge in [0, 0.05) is 31.0 Å². The number of carbonyl (C=O) groups excluding carboxylic acids is 1. The Balaban J connectivity index is 1.58. The molecule has 146 valence electrons. The first-order valence-corrected chi connectivity index (χ1v) is 9.16. The number of aryl methyl sites for hydroxylation is 1. The molecule has 1 fully saturated rings. The summed E-state index contributed by atoms with van der Waals surface area (Å²) in [6.45, 7) is 0.503. The molecule has 3 rings (SSSR count). The SMILES string of the molecule is COc1cc(-c2noc(CCC(=O)NCC(N)C3CC3)n2)cc(Cl)c1OC. The molecule has 8 nitrogen and oxygen atoms in total. The third kappa shape index (κ3) is 4.90. The van der Waals surface area contributed by atoms with Crippen molar-refractivity contribution >= 4 is 17.5 Å². The van der Waals surface area contributed by atoms with E-state index in [4.69, 9.17) is 31.3 Å². The summed E-state index contributed by atoms with van der Waals surface area (Å²) >= 11 is 6.21. The number of benzene rings is 1. The fraction of sp³-hybridized carbons (Fsp3) is 0.500. The summed E-state index contributed by atoms with van der Waals surface area (Å²) in [5.74, 6) is 2.11. The molecule has 2 aromatic rings. The molecule has 0 bridgehead atoms. The van der Waals surface area contributed by atoms with E-state index in [9.17, 15) is 4.79 Å². The molecule has 1 amide bonds. The van der Waals surface area contributed by atoms with Crippen LogP contribution < -0.4 is 20.5 Å². The zero-order chi connectivity index (χ0) is 19.4. The summed E-state index contributed by atoms with van der Waals surface area (Å²) < 4.78 is 15.7. The lowest BCUT2D eigenvalue weighted by Crippen LogP contribution is -2.38. The molecule has 27 heavy (non-hydrogen) atoms. The van der Waals surface area contributed by atoms with E-state index in [-0.39, 0.29) is 18.4 Å². The summed E-state index contributed by atoms with van der Waals surface area (Å²) in [6.07, 6.45) is 2.91. The van der Waals surface area contributed by atoms with Gasteiger partial charge in [0.2, 0.25) is 17.6 Å². The second kappa shape index (κ2) is 8.58. The van der Waals surface area contributed by atoms with E-state index in [0.717, 1.165) is 12.8 Å². The fourth-order valence-corrected chi connectivity index (χ4v) is 3.04. The summed E-state index contributed by atoms with van der Waals surface area (Å²) in [6, 6.07) is 3.42. The lowest BCUT2D eigenvalue weighted by atomic mass is 10.2. The number of methoxy groups -OCH3 is 2. The van der Waals surface area contributed by atoms with Crippen LogP contribution in [0.3, 0.4) is 0 Å². The molecular formula is C18H23ClN4O4. The third-order valence-electron chi connectivity index (χ3n) is 4.49. The van der Waals surface area contributed by atoms with Gasteiger partial charge in [-0.3, -0.25) is 4.79 Å². The van der Waals surface area contributed by atoms with Crippen LogP contribution in [-0.4, -0.2) is 42.9 Å². The predicted octanol–water partition coefficient (Wildman–Crippen LogP) is 2.19. The van der Waals surface area contributed by atoms with E-state index in [1.165, 1.54) is 14.2 Å². The molecule has 0 radical (unpaired) electrons. The van der Waals surface area contributed by atoms with Gasteiger partial charge in [0.15, 0.2) is 11.5 Å². The Morgan fingerprint density at radius 2 is 2.19 bits per heavy atom. The number of ether oxygens (including phenoxy) is 2. The molecule has 1 aromatic carbocycles. The summed E-state index contributed by atoms with van der Waals surface area (Å²) in [5, 5.41) is 7.17. The van der Waals surface area contributed by atoms with Crippen molar-refractivity contribution in [1.82, 2.24) is 15.5 Å². The van der Waals surface area contributed by atoms with Crippen LogP contribution in [0.15, 0.2) is 16.7 Å². The smallest absolute Gasteiger partial charge is 0.227 e. The molecule has 3 N–H and O–H groups in total. The van der Waals surface area contributed by atoms with Gasteiger partial charge in [0.05, 0.1) is 19.2 Å². The van der Waals surface area contributed by atoms with Crippen LogP contribution in [0.2, 0.25) is 5.02 Å². The average Bonchev–Trinajstić information content (AvgIpc) is 3.41. The van der Waals surface area contributed by atoms with E-state index < -0.39 is 0 Å². The van der Waals surface area contributed by atoms with Crippen LogP contribution in [0.4, 0.5) is 0 Å². The van der Waals surface area contributed by atoms with Crippen molar-refractivity contribution in [2.45, 2.75) is 31.7 Å². The quantitative estimate of drug-likeness (QED) is 0.670. The Hall–Kier alpha value is -2.32. The number of nitrogens with zero attached hydrogens (tertiary/aromatic N) is 2. The maximum atomic E-state index is 11.9. The van der Waals surface area contributed by atoms with Gasteiger partial charge in [0.1, 0.15) is 0 Å². The largest absolute Gasteiger partial charge is 0.493 e. The number of hydrogen-bond donors (Lipinski definition) is 2. The van der Waals surface area contributed by atoms with Crippen molar-refractivity contribution in [3.63, 3.8) is 0 Å². The van der Waals surface area contributed by atoms with Crippen molar-refractivity contribution in [3.05, 3.63) is 23.0 Å². The molecule has 1 heterocycles. The van der Waals surface area contributed by atoms with Gasteiger partial charge in [-0.1, -0.05) is 16.8 Å². The Labute approximate surface area is 162 Å². The van der Waals surface area contributed by atoms with Crippen LogP contribution in [0.5, 0.6) is 11.5 Å². The van der Waals surface area contributed by atoms with Crippen LogP contribution in [-0.2, 0) is 11.2 Å². The Kier molecular flexibility index (Phi) is 6.18. The van der Waals surface area contributed by atoms with E-state index >= 15 is 0 Å². The first kappa shape index (κ1) is 19.4. The normalized spacial score (nSPS) is 14.7. The average molecular weight is 395 g/mol. The minimum Gasteiger partial charge on any atom is -0.493 e. The topological polar surface area (TPSA) is 112 Å². The van der Waals surface area contributed by atoms with Gasteiger partial charge >= 0.3 is 0 Å². The maximum Gasteiger partial charge on any atom is 0.227 e. The predicted molar refractivity (Wildman–Crippen MR) is 99.9 cm³/mol. The van der Waals surface area contributed by atoms with Crippen LogP contribution in [0, 0.1) is 5.92 Å². The lowest BCUT2D eigenvalue weighted by molar-refractivity contribution is -0.121. The van der Waals surface area contributed by atoms with E-state index in [1.54, 1.807) is 12.1 Å². The van der Waals surface area contributed by atoms with Crippen molar-refractivity contribution < 1.29 is 18.8 Å². The zero-order valence-corrected chi connectivity index (χ0v) is 16.1. The second-order valence-electron chi connectivity index (χ2n) is 6.51. The van der Waals surface area contributed by atoms with E-state index in [1.807, 2.05) is 0 Å². The highest BCUT2D eigenvalue weighted by Crippen LogP contribution is 2.38. The number of aromatic nitrogens is 2. The molecule has 1 aromatic heterocycles. The second-order valence-corrected chi connectivity index (χ2v) is 6.92. The van der Waals surface area contributed by atoms with Crippen molar-refractivity contribution in [2.24, 2.45) is 11.7 Å². The summed E-state index contributed by atoms with van der Waals surface area (Å²) in [4.78, 5) is 16.3. The van der Waals surface area contributed by atoms with Gasteiger partial charge in [0.25, 0.3) is 0 Å². The van der Waals surface area contributed by atoms with Gasteiger partial charge in [-0.2, -0.15) is 4.98 Å². The molecule has 1 aliphatic rings. The van der Waals surface area contributed by atoms with Crippen LogP contribution >= 0.6 is 11.6 Å². The highest BCUT2D eigenvalue weighted by Gasteiger charge is 2.28. The molecular weight excluding hydrogens is 372 g/mol. The third-order valence-corrected chi connectivity index (χ3v) is 4.77. The number of nitrogens with two attached hydrogens (primary N) is 1. The lowest BCUT2D eigenvalue weighted by Gasteiger charge is -2.10. The van der Waals surface area contributed by atoms with Crippen molar-refractivity contribution in [1.29, 1.82) is 0 Å². The van der Waals surface area contributed by atoms with Gasteiger partial charge < -0.3 is 25.0 Å². The first-order valence-electron chi connectivity index (χ1n) is 8.78. The van der Waals surface area contributed by atoms with Gasteiger partial charge in [-0.05, 0) is 30.9 Å². The highest BCUT2D eigenvalue weighted by molar-refractivity contribution is 6.32. The number of halogens is 1. The fourth-order valence-electron chi connectivity index (χ4n) is 2.75. The molecule has 0 spiro atoms. The summed E-state index contributed by atoms with van der Waals surface area (Å²) in [5.41, 5.74) is 6.61. The number of rotatable bonds is 9. The van der Waals surface area contributed by atoms with Crippen LogP contribution in [0.25, 0.3) is 11.4 Å². The van der Waals surface area contributed by atoms with E-state index in [2.05, 4.69) is 15.5 Å². The van der Waals surface area contributed by atoms with Gasteiger partial charge in [-0.15, -0.1) is 0 Å². The molecule has 0 aliphatic heterocycles. The maximum absolute atomic E-state index is 11.9. The Morgan fingerprint density at radius 1 is 1.41 bits per heavy atom. The number of nitrogens with one attached hydrogen (secondary N) is 1. The molecule has 1 atom stereocenters. The molecule has 1 aliphatic carbocycles. The van der Waals surface area contributed by atoms with Gasteiger partial charge in [-0.25, -0.2) is 0 Å². The molecule has 1 saturated carbocycles. The van der Waals surface area contributed by atoms with E-state index in [0.29, 0.717) is 52.7 Å². The number of amides is 1. The Bertz CT molecular complexity index is 807. The minimum atomic E-state index is -0.0833. The number of hydrogen-bond acceptors (Lipinski definition) is 7. The standard InChI is InChI=1S/C18H23ClN4O4/c1-25-14-8-11(7-12(19)17(14)26-2)18-22-16(27-23-18)6-5-15(24)21-9-13(20)10-3-4-10/h7-8,10,13H,3-6,9,20H2,1-2H3,(H,21,24). The summed E-state index contributed by atoms with van der Waals surface area (Å²) in [7, 11) is 3.03. The molecule has 9 heteroatoms. The first-order chi connectivity index (χ1) is 13.0. The van der Waals surface area contributed by atoms with Crippen molar-refractivity contribution in [3.8, 4) is 22.9 Å². The highest BCUT2D eigenvalue weighted by atomic mass is 35.5. The minimum absolute atomic E-state index is 0.0405. The zero-order valence-electron chi connectivity index (χ0n) is 15.3. The van der Waals surface area contributed by atoms with Crippen LogP contribution in [0.1, 0.15) is 25.2 Å². The molecule has 1 unspecified atom stereocenters. The Morgan fingerprint density at radius 3 is 2.85 bits per heavy atom. The number of carbonyl (C=O) groups is 1.